The van der Waals surface area contributed by atoms with Crippen LogP contribution in [0.3, 0.4) is 0 Å². The number of carboxylic acids is 1. The number of fused-ring (bicyclic) bond motifs is 1. The van der Waals surface area contributed by atoms with Gasteiger partial charge in [0.2, 0.25) is 0 Å². The van der Waals surface area contributed by atoms with Crippen molar-refractivity contribution >= 4 is 16.9 Å². The Kier molecular flexibility index (Phi) is 5.84. The van der Waals surface area contributed by atoms with Crippen molar-refractivity contribution in [2.75, 3.05) is 0 Å². The van der Waals surface area contributed by atoms with Crippen molar-refractivity contribution in [2.45, 2.75) is 76.1 Å². The summed E-state index contributed by atoms with van der Waals surface area (Å²) in [7, 11) is 0. The van der Waals surface area contributed by atoms with E-state index in [0.29, 0.717) is 25.2 Å². The third kappa shape index (κ3) is 4.41. The number of hydrogen-bond donors (Lipinski definition) is 2. The number of benzene rings is 2. The Labute approximate surface area is 197 Å². The number of nitrogens with one attached hydrogen (secondary N) is 1. The molecule has 0 amide bonds. The van der Waals surface area contributed by atoms with Crippen LogP contribution in [0.1, 0.15) is 77.9 Å². The smallest absolute Gasteiger partial charge is 0.345 e. The Bertz CT molecular complexity index is 1200. The number of aromatic amines is 1. The molecule has 2 aliphatic carbocycles. The molecule has 5 nitrogen and oxygen atoms in total. The van der Waals surface area contributed by atoms with Crippen LogP contribution in [-0.4, -0.2) is 34.4 Å². The highest BCUT2D eigenvalue weighted by atomic mass is 19.3. The number of ether oxygens (including phenoxy) is 2. The van der Waals surface area contributed by atoms with E-state index >= 15 is 0 Å². The molecule has 2 fully saturated rings. The van der Waals surface area contributed by atoms with Gasteiger partial charge in [0.05, 0.1) is 16.7 Å². The number of halogens is 2. The van der Waals surface area contributed by atoms with Crippen LogP contribution < -0.4 is 4.74 Å². The molecular formula is C27H29F2NO4. The van der Waals surface area contributed by atoms with Gasteiger partial charge in [0.25, 0.3) is 0 Å². The summed E-state index contributed by atoms with van der Waals surface area (Å²) in [5.41, 5.74) is 3.50. The number of aryl methyl sites for hydroxylation is 1. The normalized spacial score (nSPS) is 25.1. The molecule has 0 aliphatic heterocycles. The zero-order chi connectivity index (χ0) is 24.0. The summed E-state index contributed by atoms with van der Waals surface area (Å²) >= 11 is 0. The summed E-state index contributed by atoms with van der Waals surface area (Å²) < 4.78 is 38.2. The topological polar surface area (TPSA) is 71.6 Å². The molecule has 5 rings (SSSR count). The monoisotopic (exact) mass is 469 g/mol. The molecule has 0 radical (unpaired) electrons. The summed E-state index contributed by atoms with van der Waals surface area (Å²) in [5, 5.41) is 10.3. The molecule has 0 bridgehead atoms. The number of aromatic carboxylic acids is 1. The standard InChI is InChI=1S/C27H29F2NO4/c1-15-13-20(16-3-4-16)24(19-10-12-30-23(15)19)33-22-9-11-27(2,34-26(28)29)14-21(22)17-5-7-18(8-6-17)25(31)32/h5-8,10,12-13,16,21-22,26,30H,3-4,9,11,14H2,1-2H3,(H,31,32)/t21-,22?,27+/m0/s1. The van der Waals surface area contributed by atoms with E-state index in [1.54, 1.807) is 31.2 Å². The van der Waals surface area contributed by atoms with Gasteiger partial charge in [0.1, 0.15) is 11.9 Å². The second-order valence-electron chi connectivity index (χ2n) is 9.91. The van der Waals surface area contributed by atoms with Crippen molar-refractivity contribution in [3.8, 4) is 5.75 Å². The van der Waals surface area contributed by atoms with Gasteiger partial charge < -0.3 is 19.6 Å². The van der Waals surface area contributed by atoms with Crippen LogP contribution in [0.2, 0.25) is 0 Å². The number of H-pyrrole nitrogens is 1. The first-order valence-electron chi connectivity index (χ1n) is 11.8. The lowest BCUT2D eigenvalue weighted by Gasteiger charge is -2.42. The quantitative estimate of drug-likeness (QED) is 0.401. The number of alkyl halides is 2. The van der Waals surface area contributed by atoms with E-state index in [1.807, 2.05) is 12.3 Å². The first-order chi connectivity index (χ1) is 16.2. The van der Waals surface area contributed by atoms with Gasteiger partial charge in [-0.3, -0.25) is 0 Å². The third-order valence-corrected chi connectivity index (χ3v) is 7.32. The number of carboxylic acid groups (broad SMARTS) is 1. The summed E-state index contributed by atoms with van der Waals surface area (Å²) in [6, 6.07) is 10.9. The van der Waals surface area contributed by atoms with Crippen LogP contribution in [0.15, 0.2) is 42.6 Å². The highest BCUT2D eigenvalue weighted by molar-refractivity contribution is 5.90. The van der Waals surface area contributed by atoms with E-state index < -0.39 is 18.2 Å². The van der Waals surface area contributed by atoms with E-state index in [1.165, 1.54) is 11.1 Å². The third-order valence-electron chi connectivity index (χ3n) is 7.32. The summed E-state index contributed by atoms with van der Waals surface area (Å²) in [6.45, 7) is 0.963. The fraction of sp³-hybridized carbons (Fsp3) is 0.444. The van der Waals surface area contributed by atoms with E-state index in [9.17, 15) is 18.7 Å². The highest BCUT2D eigenvalue weighted by Crippen LogP contribution is 2.50. The summed E-state index contributed by atoms with van der Waals surface area (Å²) in [6.07, 6.45) is 5.30. The second-order valence-corrected chi connectivity index (χ2v) is 9.91. The van der Waals surface area contributed by atoms with Crippen molar-refractivity contribution in [2.24, 2.45) is 0 Å². The molecular weight excluding hydrogens is 440 g/mol. The predicted molar refractivity (Wildman–Crippen MR) is 125 cm³/mol. The molecule has 1 unspecified atom stereocenters. The van der Waals surface area contributed by atoms with E-state index in [-0.39, 0.29) is 17.6 Å². The predicted octanol–water partition coefficient (Wildman–Crippen LogP) is 6.76. The van der Waals surface area contributed by atoms with E-state index in [0.717, 1.165) is 35.1 Å². The molecule has 2 aromatic carbocycles. The van der Waals surface area contributed by atoms with Crippen molar-refractivity contribution in [1.82, 2.24) is 4.98 Å². The van der Waals surface area contributed by atoms with Gasteiger partial charge in [-0.25, -0.2) is 4.79 Å². The highest BCUT2D eigenvalue weighted by Gasteiger charge is 2.43. The maximum Gasteiger partial charge on any atom is 0.345 e. The molecule has 7 heteroatoms. The molecule has 3 atom stereocenters. The number of aromatic nitrogens is 1. The van der Waals surface area contributed by atoms with Crippen LogP contribution in [0.5, 0.6) is 5.75 Å². The van der Waals surface area contributed by atoms with Crippen LogP contribution in [0.4, 0.5) is 8.78 Å². The molecule has 34 heavy (non-hydrogen) atoms. The average molecular weight is 470 g/mol. The molecule has 1 aromatic heterocycles. The minimum absolute atomic E-state index is 0.187. The zero-order valence-corrected chi connectivity index (χ0v) is 19.3. The molecule has 1 heterocycles. The molecule has 0 spiro atoms. The van der Waals surface area contributed by atoms with E-state index in [4.69, 9.17) is 9.47 Å². The minimum atomic E-state index is -2.85. The Morgan fingerprint density at radius 2 is 1.91 bits per heavy atom. The SMILES string of the molecule is Cc1cc(C2CC2)c(OC2CC[C@@](C)(OC(F)F)C[C@H]2c2ccc(C(=O)O)cc2)c2cc[nH]c12. The van der Waals surface area contributed by atoms with E-state index in [2.05, 4.69) is 18.0 Å². The Hall–Kier alpha value is -2.93. The number of carbonyl (C=O) groups is 1. The largest absolute Gasteiger partial charge is 0.489 e. The molecule has 2 saturated carbocycles. The average Bonchev–Trinajstić information content (AvgIpc) is 3.51. The van der Waals surface area contributed by atoms with Crippen molar-refractivity contribution in [1.29, 1.82) is 0 Å². The maximum absolute atomic E-state index is 13.2. The van der Waals surface area contributed by atoms with Gasteiger partial charge in [0.15, 0.2) is 0 Å². The molecule has 2 N–H and O–H groups in total. The Balaban J connectivity index is 1.52. The van der Waals surface area contributed by atoms with Crippen LogP contribution in [0, 0.1) is 6.92 Å². The lowest BCUT2D eigenvalue weighted by molar-refractivity contribution is -0.218. The first kappa shape index (κ1) is 22.8. The fourth-order valence-corrected chi connectivity index (χ4v) is 5.41. The zero-order valence-electron chi connectivity index (χ0n) is 19.3. The van der Waals surface area contributed by atoms with Crippen LogP contribution in [0.25, 0.3) is 10.9 Å². The lowest BCUT2D eigenvalue weighted by atomic mass is 9.74. The lowest BCUT2D eigenvalue weighted by Crippen LogP contribution is -2.43. The van der Waals surface area contributed by atoms with Gasteiger partial charge >= 0.3 is 12.6 Å². The van der Waals surface area contributed by atoms with Crippen molar-refractivity contribution in [3.05, 3.63) is 64.8 Å². The maximum atomic E-state index is 13.2. The van der Waals surface area contributed by atoms with Crippen LogP contribution in [-0.2, 0) is 4.74 Å². The van der Waals surface area contributed by atoms with Gasteiger partial charge in [-0.2, -0.15) is 8.78 Å². The van der Waals surface area contributed by atoms with Gasteiger partial charge in [0, 0.05) is 17.5 Å². The molecule has 180 valence electrons. The van der Waals surface area contributed by atoms with Gasteiger partial charge in [-0.1, -0.05) is 18.2 Å². The molecule has 0 saturated heterocycles. The fourth-order valence-electron chi connectivity index (χ4n) is 5.41. The molecule has 3 aromatic rings. The number of rotatable bonds is 7. The number of hydrogen-bond acceptors (Lipinski definition) is 3. The Morgan fingerprint density at radius 1 is 1.18 bits per heavy atom. The van der Waals surface area contributed by atoms with Gasteiger partial charge in [-0.05, 0) is 86.8 Å². The van der Waals surface area contributed by atoms with Gasteiger partial charge in [-0.15, -0.1) is 0 Å². The summed E-state index contributed by atoms with van der Waals surface area (Å²) in [5.74, 6) is 0.136. The van der Waals surface area contributed by atoms with Crippen molar-refractivity contribution < 1.29 is 28.2 Å². The second kappa shape index (κ2) is 8.69. The van der Waals surface area contributed by atoms with Crippen molar-refractivity contribution in [3.63, 3.8) is 0 Å². The molecule has 2 aliphatic rings. The Morgan fingerprint density at radius 3 is 2.56 bits per heavy atom. The summed E-state index contributed by atoms with van der Waals surface area (Å²) in [4.78, 5) is 14.6. The van der Waals surface area contributed by atoms with Crippen LogP contribution >= 0.6 is 0 Å². The first-order valence-corrected chi connectivity index (χ1v) is 11.8. The minimum Gasteiger partial charge on any atom is -0.489 e.